The summed E-state index contributed by atoms with van der Waals surface area (Å²) >= 11 is 5.91. The fraction of sp³-hybridized carbons (Fsp3) is 0.158. The Kier molecular flexibility index (Phi) is 4.40. The van der Waals surface area contributed by atoms with Crippen LogP contribution in [0, 0.1) is 5.92 Å². The molecule has 0 atom stereocenters. The standard InChI is InChI=1S/C19H15ClO4/c1-11(2)19(22)24-18-16(21)14-5-3-4-6-15(14)23-17(18)12-7-9-13(20)10-8-12/h3-11H,1-2H3. The number of halogens is 1. The molecule has 5 heteroatoms. The van der Waals surface area contributed by atoms with Gasteiger partial charge in [-0.3, -0.25) is 9.59 Å². The topological polar surface area (TPSA) is 56.5 Å². The molecule has 24 heavy (non-hydrogen) atoms. The van der Waals surface area contributed by atoms with E-state index in [4.69, 9.17) is 20.8 Å². The molecule has 3 rings (SSSR count). The number of carbonyl (C=O) groups excluding carboxylic acids is 1. The molecule has 0 unspecified atom stereocenters. The van der Waals surface area contributed by atoms with E-state index in [0.717, 1.165) is 0 Å². The minimum atomic E-state index is -0.493. The van der Waals surface area contributed by atoms with Gasteiger partial charge in [0.25, 0.3) is 0 Å². The Morgan fingerprint density at radius 2 is 1.75 bits per heavy atom. The summed E-state index contributed by atoms with van der Waals surface area (Å²) in [6, 6.07) is 13.6. The van der Waals surface area contributed by atoms with Crippen LogP contribution in [0.2, 0.25) is 5.02 Å². The average Bonchev–Trinajstić information content (AvgIpc) is 2.58. The summed E-state index contributed by atoms with van der Waals surface area (Å²) in [5.74, 6) is -0.749. The quantitative estimate of drug-likeness (QED) is 0.649. The van der Waals surface area contributed by atoms with E-state index in [2.05, 4.69) is 0 Å². The average molecular weight is 343 g/mol. The normalized spacial score (nSPS) is 11.0. The molecule has 0 saturated heterocycles. The Balaban J connectivity index is 2.26. The van der Waals surface area contributed by atoms with Crippen molar-refractivity contribution in [2.45, 2.75) is 13.8 Å². The highest BCUT2D eigenvalue weighted by atomic mass is 35.5. The minimum absolute atomic E-state index is 0.102. The van der Waals surface area contributed by atoms with Gasteiger partial charge in [0.05, 0.1) is 11.3 Å². The number of benzene rings is 2. The largest absolute Gasteiger partial charge is 0.452 e. The lowest BCUT2D eigenvalue weighted by Crippen LogP contribution is -2.20. The summed E-state index contributed by atoms with van der Waals surface area (Å²) in [4.78, 5) is 24.8. The third kappa shape index (κ3) is 3.05. The molecule has 0 saturated carbocycles. The second-order valence-electron chi connectivity index (χ2n) is 5.67. The van der Waals surface area contributed by atoms with Crippen LogP contribution < -0.4 is 10.2 Å². The number of ether oxygens (including phenoxy) is 1. The molecule has 1 aromatic heterocycles. The molecular weight excluding hydrogens is 328 g/mol. The van der Waals surface area contributed by atoms with E-state index in [9.17, 15) is 9.59 Å². The van der Waals surface area contributed by atoms with Gasteiger partial charge in [0.2, 0.25) is 11.2 Å². The number of fused-ring (bicyclic) bond motifs is 1. The van der Waals surface area contributed by atoms with Gasteiger partial charge in [-0.05, 0) is 36.4 Å². The van der Waals surface area contributed by atoms with Crippen LogP contribution >= 0.6 is 11.6 Å². The van der Waals surface area contributed by atoms with Gasteiger partial charge in [0.15, 0.2) is 5.76 Å². The van der Waals surface area contributed by atoms with Crippen molar-refractivity contribution in [1.29, 1.82) is 0 Å². The number of hydrogen-bond donors (Lipinski definition) is 0. The lowest BCUT2D eigenvalue weighted by Gasteiger charge is -2.11. The first-order valence-electron chi connectivity index (χ1n) is 7.51. The van der Waals surface area contributed by atoms with E-state index < -0.39 is 5.97 Å². The van der Waals surface area contributed by atoms with Gasteiger partial charge in [-0.1, -0.05) is 37.6 Å². The Morgan fingerprint density at radius 1 is 1.08 bits per heavy atom. The molecule has 0 radical (unpaired) electrons. The van der Waals surface area contributed by atoms with Crippen LogP contribution in [0.15, 0.2) is 57.7 Å². The summed E-state index contributed by atoms with van der Waals surface area (Å²) < 4.78 is 11.2. The zero-order valence-electron chi connectivity index (χ0n) is 13.2. The van der Waals surface area contributed by atoms with Gasteiger partial charge in [0.1, 0.15) is 5.58 Å². The van der Waals surface area contributed by atoms with Crippen LogP contribution in [0.4, 0.5) is 0 Å². The molecule has 0 aliphatic heterocycles. The van der Waals surface area contributed by atoms with E-state index in [-0.39, 0.29) is 22.9 Å². The first kappa shape index (κ1) is 16.3. The lowest BCUT2D eigenvalue weighted by molar-refractivity contribution is -0.137. The van der Waals surface area contributed by atoms with E-state index in [1.54, 1.807) is 62.4 Å². The van der Waals surface area contributed by atoms with Crippen molar-refractivity contribution in [2.24, 2.45) is 5.92 Å². The first-order valence-corrected chi connectivity index (χ1v) is 7.88. The predicted molar refractivity (Wildman–Crippen MR) is 93.4 cm³/mol. The Morgan fingerprint density at radius 3 is 2.42 bits per heavy atom. The summed E-state index contributed by atoms with van der Waals surface area (Å²) in [6.07, 6.45) is 0. The van der Waals surface area contributed by atoms with Crippen molar-refractivity contribution in [2.75, 3.05) is 0 Å². The van der Waals surface area contributed by atoms with E-state index >= 15 is 0 Å². The van der Waals surface area contributed by atoms with Crippen molar-refractivity contribution in [1.82, 2.24) is 0 Å². The third-order valence-corrected chi connectivity index (χ3v) is 3.79. The van der Waals surface area contributed by atoms with Crippen molar-refractivity contribution in [3.8, 4) is 17.1 Å². The zero-order chi connectivity index (χ0) is 17.3. The maximum absolute atomic E-state index is 12.8. The molecule has 0 aliphatic carbocycles. The third-order valence-electron chi connectivity index (χ3n) is 3.54. The Labute approximate surface area is 143 Å². The summed E-state index contributed by atoms with van der Waals surface area (Å²) in [7, 11) is 0. The van der Waals surface area contributed by atoms with E-state index in [1.165, 1.54) is 0 Å². The molecule has 0 bridgehead atoms. The fourth-order valence-corrected chi connectivity index (χ4v) is 2.35. The highest BCUT2D eigenvalue weighted by Crippen LogP contribution is 2.31. The second-order valence-corrected chi connectivity index (χ2v) is 6.10. The van der Waals surface area contributed by atoms with Crippen LogP contribution in [-0.4, -0.2) is 5.97 Å². The van der Waals surface area contributed by atoms with Crippen LogP contribution in [0.5, 0.6) is 5.75 Å². The molecule has 0 spiro atoms. The van der Waals surface area contributed by atoms with Crippen molar-refractivity contribution in [3.63, 3.8) is 0 Å². The van der Waals surface area contributed by atoms with E-state index in [0.29, 0.717) is 21.6 Å². The van der Waals surface area contributed by atoms with Crippen molar-refractivity contribution >= 4 is 28.5 Å². The predicted octanol–water partition coefficient (Wildman–Crippen LogP) is 4.67. The minimum Gasteiger partial charge on any atom is -0.452 e. The van der Waals surface area contributed by atoms with Crippen LogP contribution in [-0.2, 0) is 4.79 Å². The lowest BCUT2D eigenvalue weighted by atomic mass is 10.1. The monoisotopic (exact) mass is 342 g/mol. The smallest absolute Gasteiger partial charge is 0.314 e. The number of hydrogen-bond acceptors (Lipinski definition) is 4. The van der Waals surface area contributed by atoms with E-state index in [1.807, 2.05) is 0 Å². The van der Waals surface area contributed by atoms with Gasteiger partial charge in [-0.25, -0.2) is 0 Å². The Bertz CT molecular complexity index is 955. The zero-order valence-corrected chi connectivity index (χ0v) is 14.0. The number of esters is 1. The highest BCUT2D eigenvalue weighted by Gasteiger charge is 2.21. The molecule has 2 aromatic carbocycles. The van der Waals surface area contributed by atoms with Crippen molar-refractivity contribution < 1.29 is 13.9 Å². The van der Waals surface area contributed by atoms with Gasteiger partial charge < -0.3 is 9.15 Å². The molecule has 0 amide bonds. The second kappa shape index (κ2) is 6.49. The maximum Gasteiger partial charge on any atom is 0.314 e. The first-order chi connectivity index (χ1) is 11.5. The molecule has 122 valence electrons. The summed E-state index contributed by atoms with van der Waals surface area (Å²) in [5.41, 5.74) is 0.654. The molecular formula is C19H15ClO4. The van der Waals surface area contributed by atoms with Crippen LogP contribution in [0.3, 0.4) is 0 Å². The molecule has 4 nitrogen and oxygen atoms in total. The fourth-order valence-electron chi connectivity index (χ4n) is 2.23. The van der Waals surface area contributed by atoms with Gasteiger partial charge >= 0.3 is 5.97 Å². The molecule has 0 aliphatic rings. The number of para-hydroxylation sites is 1. The van der Waals surface area contributed by atoms with Crippen LogP contribution in [0.25, 0.3) is 22.3 Å². The van der Waals surface area contributed by atoms with Crippen molar-refractivity contribution in [3.05, 3.63) is 63.8 Å². The molecule has 1 heterocycles. The van der Waals surface area contributed by atoms with Gasteiger partial charge in [-0.2, -0.15) is 0 Å². The summed E-state index contributed by atoms with van der Waals surface area (Å²) in [6.45, 7) is 3.40. The van der Waals surface area contributed by atoms with Gasteiger partial charge in [0, 0.05) is 10.6 Å². The highest BCUT2D eigenvalue weighted by molar-refractivity contribution is 6.30. The molecule has 3 aromatic rings. The molecule has 0 N–H and O–H groups in total. The SMILES string of the molecule is CC(C)C(=O)Oc1c(-c2ccc(Cl)cc2)oc2ccccc2c1=O. The number of rotatable bonds is 3. The Hall–Kier alpha value is -2.59. The maximum atomic E-state index is 12.8. The van der Waals surface area contributed by atoms with Crippen LogP contribution in [0.1, 0.15) is 13.8 Å². The molecule has 0 fully saturated rings. The number of carbonyl (C=O) groups is 1. The van der Waals surface area contributed by atoms with Gasteiger partial charge in [-0.15, -0.1) is 0 Å². The summed E-state index contributed by atoms with van der Waals surface area (Å²) in [5, 5.41) is 0.921.